The van der Waals surface area contributed by atoms with E-state index in [0.717, 1.165) is 49.3 Å². The molecule has 5 rings (SSSR count). The molecule has 1 fully saturated rings. The number of amides is 2. The molecular weight excluding hydrogens is 512 g/mol. The average Bonchev–Trinajstić information content (AvgIpc) is 3.29. The number of anilines is 1. The molecule has 7 nitrogen and oxygen atoms in total. The summed E-state index contributed by atoms with van der Waals surface area (Å²) in [6.45, 7) is 9.29. The normalized spacial score (nSPS) is 13.9. The van der Waals surface area contributed by atoms with E-state index < -0.39 is 0 Å². The smallest absolute Gasteiger partial charge is 0.267 e. The molecule has 39 heavy (non-hydrogen) atoms. The van der Waals surface area contributed by atoms with Crippen LogP contribution < -0.4 is 10.6 Å². The van der Waals surface area contributed by atoms with Gasteiger partial charge in [-0.15, -0.1) is 0 Å². The fraction of sp³-hybridized carbons (Fsp3) is 0.290. The molecule has 2 amide bonds. The van der Waals surface area contributed by atoms with E-state index in [9.17, 15) is 9.59 Å². The molecule has 0 bridgehead atoms. The van der Waals surface area contributed by atoms with Crippen LogP contribution in [0.25, 0.3) is 10.9 Å². The van der Waals surface area contributed by atoms with E-state index in [0.29, 0.717) is 35.1 Å². The van der Waals surface area contributed by atoms with Gasteiger partial charge >= 0.3 is 0 Å². The first-order chi connectivity index (χ1) is 18.9. The lowest BCUT2D eigenvalue weighted by atomic mass is 10.1. The molecule has 0 unspecified atom stereocenters. The molecule has 0 aliphatic carbocycles. The summed E-state index contributed by atoms with van der Waals surface area (Å²) in [5.41, 5.74) is 6.05. The Morgan fingerprint density at radius 1 is 0.949 bits per heavy atom. The minimum Gasteiger partial charge on any atom is -0.379 e. The standard InChI is InChI=1S/C31H33ClN4O3/c1-21-7-8-22(2)24(17-21)20-36-28-10-9-25(34-30(37)26-5-3-4-6-27(26)32)18-23(28)19-29(36)31(38)33-11-12-35-13-15-39-16-14-35/h3-10,17-19H,11-16,20H2,1-2H3,(H,33,38)(H,34,37). The Hall–Kier alpha value is -3.65. The Balaban J connectivity index is 1.42. The number of aryl methyl sites for hydroxylation is 2. The largest absolute Gasteiger partial charge is 0.379 e. The van der Waals surface area contributed by atoms with Crippen molar-refractivity contribution in [3.05, 3.63) is 99.7 Å². The molecule has 0 radical (unpaired) electrons. The predicted molar refractivity (Wildman–Crippen MR) is 156 cm³/mol. The Labute approximate surface area is 233 Å². The Morgan fingerprint density at radius 3 is 2.54 bits per heavy atom. The number of nitrogens with zero attached hydrogens (tertiary/aromatic N) is 2. The lowest BCUT2D eigenvalue weighted by Gasteiger charge is -2.26. The van der Waals surface area contributed by atoms with E-state index in [1.54, 1.807) is 24.3 Å². The van der Waals surface area contributed by atoms with Gasteiger partial charge in [0, 0.05) is 49.3 Å². The highest BCUT2D eigenvalue weighted by molar-refractivity contribution is 6.34. The summed E-state index contributed by atoms with van der Waals surface area (Å²) in [4.78, 5) is 28.6. The number of carbonyl (C=O) groups is 2. The first-order valence-corrected chi connectivity index (χ1v) is 13.6. The summed E-state index contributed by atoms with van der Waals surface area (Å²) in [7, 11) is 0. The van der Waals surface area contributed by atoms with Crippen LogP contribution in [0, 0.1) is 13.8 Å². The molecule has 3 aromatic carbocycles. The third kappa shape index (κ3) is 6.33. The maximum absolute atomic E-state index is 13.4. The number of carbonyl (C=O) groups excluding carboxylic acids is 2. The first-order valence-electron chi connectivity index (χ1n) is 13.2. The van der Waals surface area contributed by atoms with Gasteiger partial charge in [-0.1, -0.05) is 47.5 Å². The number of nitrogens with one attached hydrogen (secondary N) is 2. The summed E-state index contributed by atoms with van der Waals surface area (Å²) in [5, 5.41) is 7.31. The molecule has 202 valence electrons. The highest BCUT2D eigenvalue weighted by Crippen LogP contribution is 2.27. The number of ether oxygens (including phenoxy) is 1. The van der Waals surface area contributed by atoms with Gasteiger partial charge in [0.2, 0.25) is 0 Å². The van der Waals surface area contributed by atoms with Crippen LogP contribution in [0.4, 0.5) is 5.69 Å². The van der Waals surface area contributed by atoms with Gasteiger partial charge in [0.25, 0.3) is 11.8 Å². The van der Waals surface area contributed by atoms with Crippen molar-refractivity contribution >= 4 is 40.0 Å². The van der Waals surface area contributed by atoms with Crippen LogP contribution >= 0.6 is 11.6 Å². The molecule has 0 saturated carbocycles. The fourth-order valence-electron chi connectivity index (χ4n) is 4.93. The van der Waals surface area contributed by atoms with Crippen LogP contribution in [-0.2, 0) is 11.3 Å². The van der Waals surface area contributed by atoms with Crippen LogP contribution in [0.2, 0.25) is 5.02 Å². The van der Waals surface area contributed by atoms with Gasteiger partial charge in [-0.3, -0.25) is 14.5 Å². The number of fused-ring (bicyclic) bond motifs is 1. The van der Waals surface area contributed by atoms with Crippen molar-refractivity contribution in [1.29, 1.82) is 0 Å². The van der Waals surface area contributed by atoms with E-state index in [2.05, 4.69) is 52.1 Å². The van der Waals surface area contributed by atoms with Gasteiger partial charge in [-0.05, 0) is 61.4 Å². The molecule has 1 aliphatic rings. The van der Waals surface area contributed by atoms with E-state index in [-0.39, 0.29) is 11.8 Å². The second-order valence-corrected chi connectivity index (χ2v) is 10.4. The van der Waals surface area contributed by atoms with Gasteiger partial charge in [-0.25, -0.2) is 0 Å². The number of rotatable bonds is 8. The van der Waals surface area contributed by atoms with Crippen molar-refractivity contribution in [3.8, 4) is 0 Å². The molecule has 0 spiro atoms. The predicted octanol–water partition coefficient (Wildman–Crippen LogP) is 5.27. The zero-order valence-electron chi connectivity index (χ0n) is 22.3. The summed E-state index contributed by atoms with van der Waals surface area (Å²) in [6, 6.07) is 20.9. The number of benzene rings is 3. The van der Waals surface area contributed by atoms with Crippen LogP contribution in [0.1, 0.15) is 37.5 Å². The maximum Gasteiger partial charge on any atom is 0.267 e. The molecule has 1 saturated heterocycles. The minimum atomic E-state index is -0.282. The Kier molecular flexibility index (Phi) is 8.31. The molecule has 1 aliphatic heterocycles. The number of hydrogen-bond acceptors (Lipinski definition) is 4. The molecule has 8 heteroatoms. The number of morpholine rings is 1. The first kappa shape index (κ1) is 26.9. The van der Waals surface area contributed by atoms with Gasteiger partial charge in [-0.2, -0.15) is 0 Å². The third-order valence-corrected chi connectivity index (χ3v) is 7.49. The molecule has 4 aromatic rings. The Bertz CT molecular complexity index is 1510. The molecule has 0 atom stereocenters. The monoisotopic (exact) mass is 544 g/mol. The Morgan fingerprint density at radius 2 is 1.74 bits per heavy atom. The molecule has 2 N–H and O–H groups in total. The topological polar surface area (TPSA) is 75.6 Å². The second-order valence-electron chi connectivity index (χ2n) is 9.96. The van der Waals surface area contributed by atoms with Crippen molar-refractivity contribution in [3.63, 3.8) is 0 Å². The van der Waals surface area contributed by atoms with Crippen molar-refractivity contribution in [2.24, 2.45) is 0 Å². The highest BCUT2D eigenvalue weighted by atomic mass is 35.5. The molecule has 1 aromatic heterocycles. The zero-order chi connectivity index (χ0) is 27.4. The lowest BCUT2D eigenvalue weighted by Crippen LogP contribution is -2.41. The van der Waals surface area contributed by atoms with E-state index in [1.165, 1.54) is 11.1 Å². The molecule has 2 heterocycles. The van der Waals surface area contributed by atoms with Gasteiger partial charge in [0.05, 0.1) is 23.8 Å². The van der Waals surface area contributed by atoms with Crippen LogP contribution in [-0.4, -0.2) is 60.7 Å². The van der Waals surface area contributed by atoms with Crippen LogP contribution in [0.5, 0.6) is 0 Å². The zero-order valence-corrected chi connectivity index (χ0v) is 23.1. The van der Waals surface area contributed by atoms with Crippen molar-refractivity contribution in [1.82, 2.24) is 14.8 Å². The van der Waals surface area contributed by atoms with E-state index in [4.69, 9.17) is 16.3 Å². The van der Waals surface area contributed by atoms with Gasteiger partial charge in [0.1, 0.15) is 5.69 Å². The average molecular weight is 545 g/mol. The van der Waals surface area contributed by atoms with Crippen molar-refractivity contribution in [2.45, 2.75) is 20.4 Å². The minimum absolute atomic E-state index is 0.119. The highest BCUT2D eigenvalue weighted by Gasteiger charge is 2.19. The number of aromatic nitrogens is 1. The second kappa shape index (κ2) is 12.0. The maximum atomic E-state index is 13.4. The van der Waals surface area contributed by atoms with Crippen molar-refractivity contribution < 1.29 is 14.3 Å². The van der Waals surface area contributed by atoms with Gasteiger partial charge in [0.15, 0.2) is 0 Å². The quantitative estimate of drug-likeness (QED) is 0.317. The van der Waals surface area contributed by atoms with Crippen molar-refractivity contribution in [2.75, 3.05) is 44.7 Å². The number of hydrogen-bond donors (Lipinski definition) is 2. The fourth-order valence-corrected chi connectivity index (χ4v) is 5.16. The lowest BCUT2D eigenvalue weighted by molar-refractivity contribution is 0.0383. The SMILES string of the molecule is Cc1ccc(C)c(Cn2c(C(=O)NCCN3CCOCC3)cc3cc(NC(=O)c4ccccc4Cl)ccc32)c1. The third-order valence-electron chi connectivity index (χ3n) is 7.16. The van der Waals surface area contributed by atoms with Gasteiger partial charge < -0.3 is 19.9 Å². The molecular formula is C31H33ClN4O3. The summed E-state index contributed by atoms with van der Waals surface area (Å²) in [5.74, 6) is -0.401. The van der Waals surface area contributed by atoms with Crippen LogP contribution in [0.3, 0.4) is 0 Å². The summed E-state index contributed by atoms with van der Waals surface area (Å²) in [6.07, 6.45) is 0. The summed E-state index contributed by atoms with van der Waals surface area (Å²) < 4.78 is 7.48. The number of halogens is 1. The van der Waals surface area contributed by atoms with E-state index >= 15 is 0 Å². The van der Waals surface area contributed by atoms with E-state index in [1.807, 2.05) is 24.3 Å². The van der Waals surface area contributed by atoms with Crippen LogP contribution in [0.15, 0.2) is 66.7 Å². The summed E-state index contributed by atoms with van der Waals surface area (Å²) >= 11 is 6.21.